The second-order valence-electron chi connectivity index (χ2n) is 6.17. The SMILES string of the molecule is O=[N+]([O-])c1cccc(C2CC(c3ccccc3)=Nc3ccccc3S2)c1O. The molecule has 0 aliphatic carbocycles. The Morgan fingerprint density at radius 2 is 1.74 bits per heavy atom. The summed E-state index contributed by atoms with van der Waals surface area (Å²) >= 11 is 1.57. The Hall–Kier alpha value is -3.12. The Labute approximate surface area is 160 Å². The van der Waals surface area contributed by atoms with Crippen LogP contribution >= 0.6 is 11.8 Å². The molecule has 1 atom stereocenters. The molecular weight excluding hydrogens is 360 g/mol. The van der Waals surface area contributed by atoms with Gasteiger partial charge in [-0.3, -0.25) is 15.1 Å². The van der Waals surface area contributed by atoms with Gasteiger partial charge < -0.3 is 5.11 Å². The van der Waals surface area contributed by atoms with Gasteiger partial charge in [0.05, 0.1) is 10.6 Å². The van der Waals surface area contributed by atoms with Crippen LogP contribution in [0.1, 0.15) is 22.8 Å². The number of aliphatic imine (C=N–C) groups is 1. The molecule has 0 aromatic heterocycles. The number of para-hydroxylation sites is 2. The molecule has 0 radical (unpaired) electrons. The molecule has 134 valence electrons. The first-order chi connectivity index (χ1) is 13.1. The Morgan fingerprint density at radius 1 is 1.00 bits per heavy atom. The van der Waals surface area contributed by atoms with Crippen LogP contribution in [0.25, 0.3) is 0 Å². The van der Waals surface area contributed by atoms with Crippen molar-refractivity contribution in [3.05, 3.63) is 94.0 Å². The van der Waals surface area contributed by atoms with Crippen molar-refractivity contribution in [3.63, 3.8) is 0 Å². The van der Waals surface area contributed by atoms with Crippen molar-refractivity contribution in [1.82, 2.24) is 0 Å². The summed E-state index contributed by atoms with van der Waals surface area (Å²) in [6.07, 6.45) is 0.554. The fourth-order valence-electron chi connectivity index (χ4n) is 3.15. The summed E-state index contributed by atoms with van der Waals surface area (Å²) in [5.41, 5.74) is 3.04. The molecule has 1 aliphatic rings. The van der Waals surface area contributed by atoms with Crippen molar-refractivity contribution in [2.45, 2.75) is 16.6 Å². The van der Waals surface area contributed by atoms with Crippen molar-refractivity contribution in [2.75, 3.05) is 0 Å². The molecule has 3 aromatic rings. The van der Waals surface area contributed by atoms with Crippen LogP contribution in [0.15, 0.2) is 82.7 Å². The summed E-state index contributed by atoms with van der Waals surface area (Å²) in [6, 6.07) is 22.4. The highest BCUT2D eigenvalue weighted by atomic mass is 32.2. The largest absolute Gasteiger partial charge is 0.502 e. The lowest BCUT2D eigenvalue weighted by atomic mass is 10.00. The van der Waals surface area contributed by atoms with Crippen molar-refractivity contribution in [3.8, 4) is 5.75 Å². The molecule has 1 unspecified atom stereocenters. The minimum atomic E-state index is -0.555. The van der Waals surface area contributed by atoms with Crippen molar-refractivity contribution in [2.24, 2.45) is 4.99 Å². The topological polar surface area (TPSA) is 75.7 Å². The van der Waals surface area contributed by atoms with Crippen molar-refractivity contribution < 1.29 is 10.0 Å². The lowest BCUT2D eigenvalue weighted by Gasteiger charge is -2.17. The molecule has 0 fully saturated rings. The molecule has 1 N–H and O–H groups in total. The third kappa shape index (κ3) is 3.44. The van der Waals surface area contributed by atoms with Gasteiger partial charge in [0, 0.05) is 33.9 Å². The van der Waals surface area contributed by atoms with Gasteiger partial charge in [0.15, 0.2) is 5.75 Å². The zero-order valence-electron chi connectivity index (χ0n) is 14.3. The number of aromatic hydroxyl groups is 1. The van der Waals surface area contributed by atoms with Gasteiger partial charge in [-0.1, -0.05) is 54.6 Å². The summed E-state index contributed by atoms with van der Waals surface area (Å²) in [5, 5.41) is 21.5. The minimum absolute atomic E-state index is 0.187. The molecule has 3 aromatic carbocycles. The monoisotopic (exact) mass is 376 g/mol. The highest BCUT2D eigenvalue weighted by molar-refractivity contribution is 7.99. The second-order valence-corrected chi connectivity index (χ2v) is 7.42. The molecule has 0 amide bonds. The van der Waals surface area contributed by atoms with E-state index in [2.05, 4.69) is 0 Å². The summed E-state index contributed by atoms with van der Waals surface area (Å²) in [6.45, 7) is 0. The average molecular weight is 376 g/mol. The van der Waals surface area contributed by atoms with E-state index >= 15 is 0 Å². The fraction of sp³-hybridized carbons (Fsp3) is 0.0952. The third-order valence-corrected chi connectivity index (χ3v) is 5.77. The van der Waals surface area contributed by atoms with E-state index in [1.807, 2.05) is 54.6 Å². The van der Waals surface area contributed by atoms with Crippen LogP contribution in [0.5, 0.6) is 5.75 Å². The number of hydrogen-bond donors (Lipinski definition) is 1. The summed E-state index contributed by atoms with van der Waals surface area (Å²) in [5.74, 6) is -0.271. The molecule has 0 bridgehead atoms. The zero-order valence-corrected chi connectivity index (χ0v) is 15.1. The second kappa shape index (κ2) is 7.25. The van der Waals surface area contributed by atoms with E-state index in [0.717, 1.165) is 21.9 Å². The van der Waals surface area contributed by atoms with E-state index in [1.165, 1.54) is 6.07 Å². The quantitative estimate of drug-likeness (QED) is 0.473. The van der Waals surface area contributed by atoms with Gasteiger partial charge in [-0.2, -0.15) is 0 Å². The molecular formula is C21H16N2O3S. The number of fused-ring (bicyclic) bond motifs is 1. The standard InChI is InChI=1S/C21H16N2O3S/c24-21-15(9-6-11-18(21)23(25)26)20-13-17(14-7-2-1-3-8-14)22-16-10-4-5-12-19(16)27-20/h1-12,20,24H,13H2. The summed E-state index contributed by atoms with van der Waals surface area (Å²) in [4.78, 5) is 16.5. The van der Waals surface area contributed by atoms with Crippen LogP contribution in [-0.2, 0) is 0 Å². The van der Waals surface area contributed by atoms with E-state index in [9.17, 15) is 15.2 Å². The number of benzene rings is 3. The first-order valence-corrected chi connectivity index (χ1v) is 9.36. The number of rotatable bonds is 3. The Morgan fingerprint density at radius 3 is 2.52 bits per heavy atom. The van der Waals surface area contributed by atoms with Gasteiger partial charge in [-0.25, -0.2) is 0 Å². The maximum Gasteiger partial charge on any atom is 0.311 e. The minimum Gasteiger partial charge on any atom is -0.502 e. The lowest BCUT2D eigenvalue weighted by Crippen LogP contribution is -2.06. The van der Waals surface area contributed by atoms with Gasteiger partial charge in [0.25, 0.3) is 0 Å². The van der Waals surface area contributed by atoms with Gasteiger partial charge in [-0.05, 0) is 17.7 Å². The highest BCUT2D eigenvalue weighted by Gasteiger charge is 2.27. The molecule has 5 nitrogen and oxygen atoms in total. The molecule has 1 heterocycles. The van der Waals surface area contributed by atoms with Crippen LogP contribution < -0.4 is 0 Å². The molecule has 6 heteroatoms. The van der Waals surface area contributed by atoms with E-state index in [4.69, 9.17) is 4.99 Å². The van der Waals surface area contributed by atoms with Gasteiger partial charge in [0.2, 0.25) is 0 Å². The van der Waals surface area contributed by atoms with Gasteiger partial charge in [-0.15, -0.1) is 11.8 Å². The zero-order chi connectivity index (χ0) is 18.8. The van der Waals surface area contributed by atoms with Crippen molar-refractivity contribution in [1.29, 1.82) is 0 Å². The average Bonchev–Trinajstić information content (AvgIpc) is 2.88. The number of phenols is 1. The maximum absolute atomic E-state index is 11.2. The van der Waals surface area contributed by atoms with Crippen LogP contribution in [0.2, 0.25) is 0 Å². The molecule has 0 spiro atoms. The van der Waals surface area contributed by atoms with E-state index in [0.29, 0.717) is 12.0 Å². The maximum atomic E-state index is 11.2. The molecule has 4 rings (SSSR count). The van der Waals surface area contributed by atoms with Gasteiger partial charge >= 0.3 is 5.69 Å². The van der Waals surface area contributed by atoms with Crippen LogP contribution in [-0.4, -0.2) is 15.7 Å². The number of thioether (sulfide) groups is 1. The van der Waals surface area contributed by atoms with Crippen LogP contribution in [0.4, 0.5) is 11.4 Å². The number of phenolic OH excluding ortho intramolecular Hbond substituents is 1. The number of hydrogen-bond acceptors (Lipinski definition) is 5. The van der Waals surface area contributed by atoms with Gasteiger partial charge in [0.1, 0.15) is 0 Å². The lowest BCUT2D eigenvalue weighted by molar-refractivity contribution is -0.385. The first-order valence-electron chi connectivity index (χ1n) is 8.48. The predicted octanol–water partition coefficient (Wildman–Crippen LogP) is 5.66. The Bertz CT molecular complexity index is 1030. The van der Waals surface area contributed by atoms with Crippen LogP contribution in [0, 0.1) is 10.1 Å². The third-order valence-electron chi connectivity index (χ3n) is 4.47. The number of nitro groups is 1. The Kier molecular flexibility index (Phi) is 4.64. The van der Waals surface area contributed by atoms with E-state index in [1.54, 1.807) is 23.9 Å². The number of nitro benzene ring substituents is 1. The molecule has 0 saturated heterocycles. The smallest absolute Gasteiger partial charge is 0.311 e. The fourth-order valence-corrected chi connectivity index (χ4v) is 4.41. The van der Waals surface area contributed by atoms with E-state index < -0.39 is 4.92 Å². The molecule has 27 heavy (non-hydrogen) atoms. The normalized spacial score (nSPS) is 16.1. The summed E-state index contributed by atoms with van der Waals surface area (Å²) < 4.78 is 0. The Balaban J connectivity index is 1.83. The highest BCUT2D eigenvalue weighted by Crippen LogP contribution is 2.48. The molecule has 1 aliphatic heterocycles. The number of nitrogens with zero attached hydrogens (tertiary/aromatic N) is 2. The predicted molar refractivity (Wildman–Crippen MR) is 107 cm³/mol. The van der Waals surface area contributed by atoms with Crippen LogP contribution in [0.3, 0.4) is 0 Å². The first kappa shape index (κ1) is 17.3. The van der Waals surface area contributed by atoms with E-state index in [-0.39, 0.29) is 16.7 Å². The van der Waals surface area contributed by atoms with Crippen molar-refractivity contribution >= 4 is 28.8 Å². The molecule has 0 saturated carbocycles. The summed E-state index contributed by atoms with van der Waals surface area (Å²) in [7, 11) is 0.